The third kappa shape index (κ3) is 2.34. The normalized spacial score (nSPS) is 36.9. The Morgan fingerprint density at radius 3 is 2.87 bits per heavy atom. The molecule has 2 rings (SSSR count). The first-order chi connectivity index (χ1) is 7.33. The average Bonchev–Trinajstić information content (AvgIpc) is 2.29. The van der Waals surface area contributed by atoms with E-state index in [2.05, 4.69) is 17.9 Å². The minimum atomic E-state index is 0.706. The molecule has 1 saturated heterocycles. The summed E-state index contributed by atoms with van der Waals surface area (Å²) in [5.74, 6) is 1.83. The highest BCUT2D eigenvalue weighted by Gasteiger charge is 2.36. The molecule has 0 unspecified atom stereocenters. The van der Waals surface area contributed by atoms with Gasteiger partial charge in [-0.25, -0.2) is 0 Å². The van der Waals surface area contributed by atoms with Crippen molar-refractivity contribution in [3.63, 3.8) is 0 Å². The van der Waals surface area contributed by atoms with Crippen LogP contribution >= 0.6 is 0 Å². The molecule has 1 aliphatic carbocycles. The monoisotopic (exact) mass is 206 g/mol. The van der Waals surface area contributed by atoms with Crippen LogP contribution in [-0.4, -0.2) is 24.0 Å². The van der Waals surface area contributed by atoms with E-state index in [1.165, 1.54) is 38.6 Å². The first kappa shape index (κ1) is 11.0. The molecule has 2 nitrogen and oxygen atoms in total. The van der Waals surface area contributed by atoms with Gasteiger partial charge >= 0.3 is 0 Å². The summed E-state index contributed by atoms with van der Waals surface area (Å²) in [5, 5.41) is 8.67. The van der Waals surface area contributed by atoms with Crippen molar-refractivity contribution < 1.29 is 0 Å². The predicted octanol–water partition coefficient (Wildman–Crippen LogP) is 2.80. The quantitative estimate of drug-likeness (QED) is 0.694. The number of rotatable bonds is 2. The summed E-state index contributed by atoms with van der Waals surface area (Å²) in [6.07, 6.45) is 7.67. The lowest BCUT2D eigenvalue weighted by Crippen LogP contribution is -2.50. The van der Waals surface area contributed by atoms with E-state index < -0.39 is 0 Å². The van der Waals surface area contributed by atoms with E-state index in [0.29, 0.717) is 6.42 Å². The van der Waals surface area contributed by atoms with Gasteiger partial charge in [0, 0.05) is 19.0 Å². The standard InChI is InChI=1S/C13H22N2/c1-11-7-10-15(9-4-8-14)13-6-3-2-5-12(11)13/h11-13H,2-7,9-10H2,1H3/t11-,12+,13-/m1/s1. The largest absolute Gasteiger partial charge is 0.299 e. The summed E-state index contributed by atoms with van der Waals surface area (Å²) >= 11 is 0. The molecule has 1 saturated carbocycles. The van der Waals surface area contributed by atoms with Crippen LogP contribution in [0.2, 0.25) is 0 Å². The number of piperidine rings is 1. The van der Waals surface area contributed by atoms with Crippen LogP contribution in [0, 0.1) is 23.2 Å². The van der Waals surface area contributed by atoms with E-state index in [9.17, 15) is 0 Å². The molecular weight excluding hydrogens is 184 g/mol. The number of nitrogens with zero attached hydrogens (tertiary/aromatic N) is 2. The fraction of sp³-hybridized carbons (Fsp3) is 0.923. The van der Waals surface area contributed by atoms with Crippen molar-refractivity contribution >= 4 is 0 Å². The van der Waals surface area contributed by atoms with Crippen LogP contribution in [-0.2, 0) is 0 Å². The van der Waals surface area contributed by atoms with Crippen LogP contribution in [0.15, 0.2) is 0 Å². The molecule has 2 fully saturated rings. The van der Waals surface area contributed by atoms with E-state index in [4.69, 9.17) is 5.26 Å². The Labute approximate surface area is 93.3 Å². The molecule has 0 amide bonds. The van der Waals surface area contributed by atoms with Crippen molar-refractivity contribution in [2.75, 3.05) is 13.1 Å². The van der Waals surface area contributed by atoms with Gasteiger partial charge in [-0.3, -0.25) is 4.90 Å². The van der Waals surface area contributed by atoms with Crippen molar-refractivity contribution in [3.8, 4) is 6.07 Å². The molecule has 84 valence electrons. The second-order valence-electron chi connectivity index (χ2n) is 5.23. The van der Waals surface area contributed by atoms with Gasteiger partial charge in [0.05, 0.1) is 6.07 Å². The highest BCUT2D eigenvalue weighted by molar-refractivity contribution is 4.91. The third-order valence-electron chi connectivity index (χ3n) is 4.36. The molecule has 2 heteroatoms. The average molecular weight is 206 g/mol. The number of fused-ring (bicyclic) bond motifs is 1. The Kier molecular flexibility index (Phi) is 3.64. The van der Waals surface area contributed by atoms with Gasteiger partial charge in [0.2, 0.25) is 0 Å². The van der Waals surface area contributed by atoms with Crippen LogP contribution < -0.4 is 0 Å². The highest BCUT2D eigenvalue weighted by Crippen LogP contribution is 2.38. The molecule has 15 heavy (non-hydrogen) atoms. The zero-order valence-electron chi connectivity index (χ0n) is 9.78. The van der Waals surface area contributed by atoms with Crippen LogP contribution in [0.25, 0.3) is 0 Å². The zero-order chi connectivity index (χ0) is 10.7. The fourth-order valence-corrected chi connectivity index (χ4v) is 3.48. The topological polar surface area (TPSA) is 27.0 Å². The summed E-state index contributed by atoms with van der Waals surface area (Å²) in [5.41, 5.74) is 0. The van der Waals surface area contributed by atoms with Gasteiger partial charge in [-0.1, -0.05) is 19.8 Å². The Balaban J connectivity index is 1.98. The highest BCUT2D eigenvalue weighted by atomic mass is 15.2. The molecular formula is C13H22N2. The Morgan fingerprint density at radius 1 is 1.27 bits per heavy atom. The molecule has 0 aromatic carbocycles. The van der Waals surface area contributed by atoms with Gasteiger partial charge in [0.1, 0.15) is 0 Å². The summed E-state index contributed by atoms with van der Waals surface area (Å²) < 4.78 is 0. The lowest BCUT2D eigenvalue weighted by atomic mass is 9.72. The van der Waals surface area contributed by atoms with Crippen LogP contribution in [0.1, 0.15) is 45.4 Å². The van der Waals surface area contributed by atoms with Crippen LogP contribution in [0.4, 0.5) is 0 Å². The maximum atomic E-state index is 8.67. The Bertz CT molecular complexity index is 243. The molecule has 2 aliphatic rings. The van der Waals surface area contributed by atoms with Gasteiger partial charge in [-0.15, -0.1) is 0 Å². The molecule has 0 aromatic rings. The smallest absolute Gasteiger partial charge is 0.0635 e. The molecule has 3 atom stereocenters. The first-order valence-electron chi connectivity index (χ1n) is 6.44. The number of likely N-dealkylation sites (tertiary alicyclic amines) is 1. The van der Waals surface area contributed by atoms with E-state index in [-0.39, 0.29) is 0 Å². The number of nitriles is 1. The Hall–Kier alpha value is -0.550. The fourth-order valence-electron chi connectivity index (χ4n) is 3.48. The summed E-state index contributed by atoms with van der Waals surface area (Å²) in [4.78, 5) is 2.59. The van der Waals surface area contributed by atoms with Crippen molar-refractivity contribution in [3.05, 3.63) is 0 Å². The lowest BCUT2D eigenvalue weighted by molar-refractivity contribution is 0.0274. The van der Waals surface area contributed by atoms with E-state index in [0.717, 1.165) is 24.4 Å². The van der Waals surface area contributed by atoms with Crippen molar-refractivity contribution in [1.29, 1.82) is 5.26 Å². The maximum Gasteiger partial charge on any atom is 0.0635 e. The second-order valence-corrected chi connectivity index (χ2v) is 5.23. The predicted molar refractivity (Wildman–Crippen MR) is 61.3 cm³/mol. The van der Waals surface area contributed by atoms with Crippen molar-refractivity contribution in [1.82, 2.24) is 4.90 Å². The van der Waals surface area contributed by atoms with Gasteiger partial charge < -0.3 is 0 Å². The molecule has 1 aliphatic heterocycles. The van der Waals surface area contributed by atoms with Gasteiger partial charge in [0.25, 0.3) is 0 Å². The summed E-state index contributed by atoms with van der Waals surface area (Å²) in [6.45, 7) is 4.65. The number of hydrogen-bond acceptors (Lipinski definition) is 2. The molecule has 0 spiro atoms. The number of hydrogen-bond donors (Lipinski definition) is 0. The molecule has 0 bridgehead atoms. The first-order valence-corrected chi connectivity index (χ1v) is 6.44. The molecule has 0 radical (unpaired) electrons. The van der Waals surface area contributed by atoms with Gasteiger partial charge in [0.15, 0.2) is 0 Å². The van der Waals surface area contributed by atoms with Crippen molar-refractivity contribution in [2.45, 2.75) is 51.5 Å². The van der Waals surface area contributed by atoms with E-state index >= 15 is 0 Å². The minimum absolute atomic E-state index is 0.706. The van der Waals surface area contributed by atoms with Crippen LogP contribution in [0.3, 0.4) is 0 Å². The summed E-state index contributed by atoms with van der Waals surface area (Å²) in [6, 6.07) is 3.08. The minimum Gasteiger partial charge on any atom is -0.299 e. The third-order valence-corrected chi connectivity index (χ3v) is 4.36. The molecule has 0 N–H and O–H groups in total. The second kappa shape index (κ2) is 4.99. The molecule has 1 heterocycles. The van der Waals surface area contributed by atoms with Gasteiger partial charge in [-0.05, 0) is 37.6 Å². The van der Waals surface area contributed by atoms with Crippen molar-refractivity contribution in [2.24, 2.45) is 11.8 Å². The molecule has 0 aromatic heterocycles. The van der Waals surface area contributed by atoms with Gasteiger partial charge in [-0.2, -0.15) is 5.26 Å². The van der Waals surface area contributed by atoms with E-state index in [1.807, 2.05) is 0 Å². The Morgan fingerprint density at radius 2 is 2.07 bits per heavy atom. The van der Waals surface area contributed by atoms with E-state index in [1.54, 1.807) is 0 Å². The van der Waals surface area contributed by atoms with Crippen LogP contribution in [0.5, 0.6) is 0 Å². The lowest BCUT2D eigenvalue weighted by Gasteiger charge is -2.47. The maximum absolute atomic E-state index is 8.67. The SMILES string of the molecule is C[C@@H]1CCN(CCC#N)[C@@H]2CCCC[C@@H]12. The summed E-state index contributed by atoms with van der Waals surface area (Å²) in [7, 11) is 0. The zero-order valence-corrected chi connectivity index (χ0v) is 9.78.